The lowest BCUT2D eigenvalue weighted by molar-refractivity contribution is -0.142. The van der Waals surface area contributed by atoms with Crippen molar-refractivity contribution >= 4 is 18.0 Å². The summed E-state index contributed by atoms with van der Waals surface area (Å²) in [4.78, 5) is 36.7. The molecule has 2 unspecified atom stereocenters. The van der Waals surface area contributed by atoms with E-state index in [1.54, 1.807) is 0 Å². The second-order valence-corrected chi connectivity index (χ2v) is 10.1. The Morgan fingerprint density at radius 3 is 2.23 bits per heavy atom. The van der Waals surface area contributed by atoms with E-state index < -0.39 is 18.1 Å². The normalized spacial score (nSPS) is 19.6. The Labute approximate surface area is 206 Å². The fourth-order valence-corrected chi connectivity index (χ4v) is 5.45. The van der Waals surface area contributed by atoms with Crippen LogP contribution in [0.5, 0.6) is 0 Å². The van der Waals surface area contributed by atoms with Crippen molar-refractivity contribution in [3.63, 3.8) is 0 Å². The molecule has 2 amide bonds. The number of hydrogen-bond acceptors (Lipinski definition) is 4. The van der Waals surface area contributed by atoms with Gasteiger partial charge in [0.25, 0.3) is 0 Å². The van der Waals surface area contributed by atoms with Crippen molar-refractivity contribution in [2.24, 2.45) is 11.8 Å². The number of benzene rings is 2. The van der Waals surface area contributed by atoms with Gasteiger partial charge in [-0.25, -0.2) is 9.59 Å². The Morgan fingerprint density at radius 1 is 1.00 bits per heavy atom. The summed E-state index contributed by atoms with van der Waals surface area (Å²) in [6.07, 6.45) is 2.58. The summed E-state index contributed by atoms with van der Waals surface area (Å²) in [5, 5.41) is 15.0. The molecule has 0 bridgehead atoms. The Bertz CT molecular complexity index is 1040. The molecule has 1 fully saturated rings. The van der Waals surface area contributed by atoms with E-state index in [1.165, 1.54) is 11.1 Å². The predicted octanol–water partition coefficient (Wildman–Crippen LogP) is 4.70. The van der Waals surface area contributed by atoms with Crippen LogP contribution in [0.3, 0.4) is 0 Å². The molecule has 186 valence electrons. The van der Waals surface area contributed by atoms with Gasteiger partial charge in [-0.3, -0.25) is 4.79 Å². The maximum Gasteiger partial charge on any atom is 0.407 e. The monoisotopic (exact) mass is 478 g/mol. The van der Waals surface area contributed by atoms with Gasteiger partial charge in [0, 0.05) is 18.4 Å². The number of nitrogens with one attached hydrogen (secondary N) is 2. The van der Waals surface area contributed by atoms with E-state index in [4.69, 9.17) is 4.74 Å². The Morgan fingerprint density at radius 2 is 1.63 bits per heavy atom. The molecule has 7 nitrogen and oxygen atoms in total. The van der Waals surface area contributed by atoms with Crippen molar-refractivity contribution in [1.29, 1.82) is 0 Å². The fourth-order valence-electron chi connectivity index (χ4n) is 5.45. The largest absolute Gasteiger partial charge is 0.480 e. The van der Waals surface area contributed by atoms with Crippen LogP contribution in [0.2, 0.25) is 0 Å². The average Bonchev–Trinajstić information content (AvgIpc) is 3.38. The first-order valence-corrected chi connectivity index (χ1v) is 12.5. The summed E-state index contributed by atoms with van der Waals surface area (Å²) in [5.41, 5.74) is 4.67. The number of alkyl carbamates (subject to hydrolysis) is 1. The number of carboxylic acids is 1. The number of rotatable bonds is 9. The topological polar surface area (TPSA) is 105 Å². The van der Waals surface area contributed by atoms with Crippen molar-refractivity contribution in [1.82, 2.24) is 10.6 Å². The highest BCUT2D eigenvalue weighted by Crippen LogP contribution is 2.44. The Kier molecular flexibility index (Phi) is 7.73. The van der Waals surface area contributed by atoms with Gasteiger partial charge in [-0.15, -0.1) is 0 Å². The standard InChI is InChI=1S/C28H34N2O5/c1-17(2)14-25(27(32)33)29-26(31)15-18-8-7-13-24(18)30-28(34)35-16-23-21-11-5-3-9-19(21)20-10-4-6-12-22(20)23/h3-6,9-12,17-18,23-25H,7-8,13-16H2,1-2H3,(H,29,31)(H,30,34)(H,32,33)/t18?,24?,25-/m0/s1. The molecule has 3 atom stereocenters. The summed E-state index contributed by atoms with van der Waals surface area (Å²) < 4.78 is 5.67. The van der Waals surface area contributed by atoms with Crippen LogP contribution in [-0.2, 0) is 14.3 Å². The number of carbonyl (C=O) groups excluding carboxylic acids is 2. The maximum absolute atomic E-state index is 12.7. The number of ether oxygens (including phenoxy) is 1. The van der Waals surface area contributed by atoms with Crippen LogP contribution in [0.4, 0.5) is 4.79 Å². The predicted molar refractivity (Wildman–Crippen MR) is 133 cm³/mol. The van der Waals surface area contributed by atoms with E-state index in [2.05, 4.69) is 34.9 Å². The number of hydrogen-bond donors (Lipinski definition) is 3. The highest BCUT2D eigenvalue weighted by molar-refractivity contribution is 5.83. The van der Waals surface area contributed by atoms with E-state index in [9.17, 15) is 19.5 Å². The molecule has 2 aromatic carbocycles. The molecule has 4 rings (SSSR count). The van der Waals surface area contributed by atoms with Gasteiger partial charge in [-0.1, -0.05) is 68.8 Å². The molecule has 2 aliphatic rings. The molecule has 0 aliphatic heterocycles. The number of carbonyl (C=O) groups is 3. The van der Waals surface area contributed by atoms with Crippen LogP contribution >= 0.6 is 0 Å². The number of fused-ring (bicyclic) bond motifs is 3. The first kappa shape index (κ1) is 24.8. The molecule has 0 heterocycles. The van der Waals surface area contributed by atoms with E-state index >= 15 is 0 Å². The second kappa shape index (κ2) is 10.9. The van der Waals surface area contributed by atoms with Crippen molar-refractivity contribution in [3.05, 3.63) is 59.7 Å². The molecular formula is C28H34N2O5. The molecule has 2 aliphatic carbocycles. The molecule has 0 radical (unpaired) electrons. The minimum atomic E-state index is -1.02. The summed E-state index contributed by atoms with van der Waals surface area (Å²) in [6.45, 7) is 4.09. The smallest absolute Gasteiger partial charge is 0.407 e. The van der Waals surface area contributed by atoms with Gasteiger partial charge in [0.05, 0.1) is 0 Å². The fraction of sp³-hybridized carbons (Fsp3) is 0.464. The van der Waals surface area contributed by atoms with E-state index in [0.717, 1.165) is 30.4 Å². The van der Waals surface area contributed by atoms with Crippen molar-refractivity contribution in [2.45, 2.75) is 64.0 Å². The van der Waals surface area contributed by atoms with Gasteiger partial charge in [0.2, 0.25) is 5.91 Å². The van der Waals surface area contributed by atoms with Gasteiger partial charge in [-0.2, -0.15) is 0 Å². The minimum absolute atomic E-state index is 0.00721. The van der Waals surface area contributed by atoms with Gasteiger partial charge < -0.3 is 20.5 Å². The molecule has 2 aromatic rings. The van der Waals surface area contributed by atoms with E-state index in [-0.39, 0.29) is 42.7 Å². The SMILES string of the molecule is CC(C)C[C@H](NC(=O)CC1CCCC1NC(=O)OCC1c2ccccc2-c2ccccc21)C(=O)O. The first-order valence-electron chi connectivity index (χ1n) is 12.5. The van der Waals surface area contributed by atoms with Crippen molar-refractivity contribution in [3.8, 4) is 11.1 Å². The van der Waals surface area contributed by atoms with Gasteiger partial charge >= 0.3 is 12.1 Å². The van der Waals surface area contributed by atoms with Crippen LogP contribution in [0.25, 0.3) is 11.1 Å². The molecular weight excluding hydrogens is 444 g/mol. The lowest BCUT2D eigenvalue weighted by Gasteiger charge is -2.23. The summed E-state index contributed by atoms with van der Waals surface area (Å²) in [5.74, 6) is -1.20. The Hall–Kier alpha value is -3.35. The van der Waals surface area contributed by atoms with E-state index in [1.807, 2.05) is 38.1 Å². The first-order chi connectivity index (χ1) is 16.8. The number of amides is 2. The third kappa shape index (κ3) is 5.84. The maximum atomic E-state index is 12.7. The minimum Gasteiger partial charge on any atom is -0.480 e. The van der Waals surface area contributed by atoms with E-state index in [0.29, 0.717) is 6.42 Å². The molecule has 0 aromatic heterocycles. The van der Waals surface area contributed by atoms with Gasteiger partial charge in [-0.05, 0) is 53.4 Å². The lowest BCUT2D eigenvalue weighted by Crippen LogP contribution is -2.44. The zero-order chi connectivity index (χ0) is 24.9. The van der Waals surface area contributed by atoms with Crippen LogP contribution in [0.1, 0.15) is 63.0 Å². The number of carboxylic acid groups (broad SMARTS) is 1. The summed E-state index contributed by atoms with van der Waals surface area (Å²) >= 11 is 0. The lowest BCUT2D eigenvalue weighted by atomic mass is 9.98. The Balaban J connectivity index is 1.31. The van der Waals surface area contributed by atoms with Crippen LogP contribution in [-0.4, -0.2) is 41.8 Å². The van der Waals surface area contributed by atoms with Gasteiger partial charge in [0.15, 0.2) is 0 Å². The molecule has 7 heteroatoms. The highest BCUT2D eigenvalue weighted by atomic mass is 16.5. The van der Waals surface area contributed by atoms with Crippen LogP contribution in [0.15, 0.2) is 48.5 Å². The zero-order valence-corrected chi connectivity index (χ0v) is 20.3. The molecule has 0 saturated heterocycles. The summed E-state index contributed by atoms with van der Waals surface area (Å²) in [6, 6.07) is 15.3. The van der Waals surface area contributed by atoms with Gasteiger partial charge in [0.1, 0.15) is 12.6 Å². The third-order valence-corrected chi connectivity index (χ3v) is 7.09. The highest BCUT2D eigenvalue weighted by Gasteiger charge is 2.33. The summed E-state index contributed by atoms with van der Waals surface area (Å²) in [7, 11) is 0. The molecule has 3 N–H and O–H groups in total. The average molecular weight is 479 g/mol. The van der Waals surface area contributed by atoms with Crippen LogP contribution < -0.4 is 10.6 Å². The molecule has 1 saturated carbocycles. The molecule has 0 spiro atoms. The quantitative estimate of drug-likeness (QED) is 0.485. The zero-order valence-electron chi connectivity index (χ0n) is 20.3. The molecule has 35 heavy (non-hydrogen) atoms. The number of aliphatic carboxylic acids is 1. The van der Waals surface area contributed by atoms with Crippen molar-refractivity contribution < 1.29 is 24.2 Å². The second-order valence-electron chi connectivity index (χ2n) is 10.1. The third-order valence-electron chi connectivity index (χ3n) is 7.09. The van der Waals surface area contributed by atoms with Crippen LogP contribution in [0, 0.1) is 11.8 Å². The van der Waals surface area contributed by atoms with Crippen molar-refractivity contribution in [2.75, 3.05) is 6.61 Å².